The van der Waals surface area contributed by atoms with Gasteiger partial charge in [-0.2, -0.15) is 4.98 Å². The first-order valence-electron chi connectivity index (χ1n) is 11.3. The quantitative estimate of drug-likeness (QED) is 0.140. The predicted octanol–water partition coefficient (Wildman–Crippen LogP) is 2.55. The number of fused-ring (bicyclic) bond motifs is 1. The molecule has 17 heteroatoms. The summed E-state index contributed by atoms with van der Waals surface area (Å²) in [6.07, 6.45) is -1.33. The minimum absolute atomic E-state index is 0.130. The van der Waals surface area contributed by atoms with Crippen LogP contribution < -0.4 is 10.8 Å². The number of carbonyl (C=O) groups excluding carboxylic acids is 1. The van der Waals surface area contributed by atoms with E-state index in [0.29, 0.717) is 27.3 Å². The SMILES string of the molecule is CC(C)OC(=O)[C@H](C)N[P@@](=O)(OC[C@H]1O[C@@H](n2cnc3c(=S)[nH]c(N)nc32)C[C@@H]1O)OC1CSSC1. The van der Waals surface area contributed by atoms with Gasteiger partial charge in [-0.15, -0.1) is 0 Å². The average Bonchev–Trinajstić information content (AvgIpc) is 3.52. The van der Waals surface area contributed by atoms with Gasteiger partial charge in [0.15, 0.2) is 5.65 Å². The number of nitrogen functional groups attached to an aromatic ring is 1. The van der Waals surface area contributed by atoms with E-state index in [0.717, 1.165) is 0 Å². The first-order chi connectivity index (χ1) is 17.0. The Morgan fingerprint density at radius 2 is 2.17 bits per heavy atom. The van der Waals surface area contributed by atoms with Crippen LogP contribution in [-0.4, -0.2) is 79.2 Å². The van der Waals surface area contributed by atoms with E-state index in [1.54, 1.807) is 40.0 Å². The average molecular weight is 581 g/mol. The molecule has 0 unspecified atom stereocenters. The van der Waals surface area contributed by atoms with E-state index in [1.807, 2.05) is 0 Å². The summed E-state index contributed by atoms with van der Waals surface area (Å²) < 4.78 is 38.3. The summed E-state index contributed by atoms with van der Waals surface area (Å²) in [5, 5.41) is 13.3. The smallest absolute Gasteiger partial charge is 0.406 e. The second-order valence-electron chi connectivity index (χ2n) is 8.63. The molecule has 5 atom stereocenters. The van der Waals surface area contributed by atoms with Crippen molar-refractivity contribution in [1.82, 2.24) is 24.6 Å². The van der Waals surface area contributed by atoms with Crippen LogP contribution in [0.15, 0.2) is 6.33 Å². The van der Waals surface area contributed by atoms with Gasteiger partial charge in [0.25, 0.3) is 0 Å². The second kappa shape index (κ2) is 11.7. The van der Waals surface area contributed by atoms with Gasteiger partial charge in [-0.3, -0.25) is 18.4 Å². The molecule has 0 aromatic carbocycles. The standard InChI is InChI=1S/C19H29N6O7PS3/c1-9(2)30-18(27)10(3)24-33(28,32-11-6-35-36-7-11)29-5-13-12(26)4-14(31-13)25-8-21-15-16(25)22-19(20)23-17(15)34/h8-14,26H,4-7H2,1-3H3,(H,24,28)(H3,20,22,23,34)/t10-,12-,13+,14+,33+/m0/s1. The lowest BCUT2D eigenvalue weighted by Gasteiger charge is -2.26. The van der Waals surface area contributed by atoms with E-state index in [9.17, 15) is 14.5 Å². The summed E-state index contributed by atoms with van der Waals surface area (Å²) in [6, 6.07) is -0.944. The maximum Gasteiger partial charge on any atom is 0.406 e. The number of aromatic amines is 1. The van der Waals surface area contributed by atoms with E-state index < -0.39 is 38.2 Å². The number of carbonyl (C=O) groups is 1. The van der Waals surface area contributed by atoms with Crippen LogP contribution in [0.4, 0.5) is 5.95 Å². The number of aliphatic hydroxyl groups is 1. The molecular weight excluding hydrogens is 551 g/mol. The molecule has 2 aromatic rings. The largest absolute Gasteiger partial charge is 0.462 e. The van der Waals surface area contributed by atoms with Crippen LogP contribution in [0.1, 0.15) is 33.4 Å². The van der Waals surface area contributed by atoms with Crippen LogP contribution in [0.2, 0.25) is 0 Å². The highest BCUT2D eigenvalue weighted by Crippen LogP contribution is 2.49. The lowest BCUT2D eigenvalue weighted by atomic mass is 10.2. The van der Waals surface area contributed by atoms with Crippen LogP contribution in [-0.2, 0) is 27.9 Å². The fourth-order valence-corrected chi connectivity index (χ4v) is 8.25. The Labute approximate surface area is 220 Å². The summed E-state index contributed by atoms with van der Waals surface area (Å²) in [4.78, 5) is 23.5. The van der Waals surface area contributed by atoms with Crippen LogP contribution in [0.5, 0.6) is 0 Å². The van der Waals surface area contributed by atoms with Crippen molar-refractivity contribution in [2.45, 2.75) is 63.9 Å². The predicted molar refractivity (Wildman–Crippen MR) is 139 cm³/mol. The first-order valence-corrected chi connectivity index (χ1v) is 15.7. The molecule has 2 aromatic heterocycles. The molecule has 0 aliphatic carbocycles. The molecule has 36 heavy (non-hydrogen) atoms. The van der Waals surface area contributed by atoms with E-state index in [-0.39, 0.29) is 31.2 Å². The molecule has 2 saturated heterocycles. The maximum absolute atomic E-state index is 13.6. The van der Waals surface area contributed by atoms with Gasteiger partial charge in [-0.1, -0.05) is 33.8 Å². The molecule has 5 N–H and O–H groups in total. The number of H-pyrrole nitrogens is 1. The van der Waals surface area contributed by atoms with Crippen molar-refractivity contribution in [3.63, 3.8) is 0 Å². The summed E-state index contributed by atoms with van der Waals surface area (Å²) in [5.74, 6) is 0.801. The van der Waals surface area contributed by atoms with Crippen molar-refractivity contribution in [2.24, 2.45) is 0 Å². The molecule has 2 aliphatic rings. The summed E-state index contributed by atoms with van der Waals surface area (Å²) in [7, 11) is -0.768. The highest BCUT2D eigenvalue weighted by Gasteiger charge is 2.40. The Kier molecular flexibility index (Phi) is 9.00. The van der Waals surface area contributed by atoms with Crippen molar-refractivity contribution >= 4 is 64.6 Å². The third kappa shape index (κ3) is 6.60. The Bertz CT molecular complexity index is 1190. The summed E-state index contributed by atoms with van der Waals surface area (Å²) in [6.45, 7) is 4.72. The van der Waals surface area contributed by atoms with Crippen molar-refractivity contribution in [3.8, 4) is 0 Å². The third-order valence-corrected chi connectivity index (χ3v) is 9.87. The van der Waals surface area contributed by atoms with Gasteiger partial charge in [-0.25, -0.2) is 14.6 Å². The number of rotatable bonds is 10. The molecule has 13 nitrogen and oxygen atoms in total. The number of aromatic nitrogens is 4. The monoisotopic (exact) mass is 580 g/mol. The molecule has 2 aliphatic heterocycles. The lowest BCUT2D eigenvalue weighted by molar-refractivity contribution is -0.149. The number of imidazole rings is 1. The Morgan fingerprint density at radius 3 is 2.86 bits per heavy atom. The Morgan fingerprint density at radius 1 is 1.44 bits per heavy atom. The highest BCUT2D eigenvalue weighted by atomic mass is 33.1. The molecule has 4 heterocycles. The van der Waals surface area contributed by atoms with Gasteiger partial charge in [-0.05, 0) is 20.8 Å². The maximum atomic E-state index is 13.6. The number of ether oxygens (including phenoxy) is 2. The van der Waals surface area contributed by atoms with Gasteiger partial charge in [0, 0.05) is 17.9 Å². The molecule has 0 radical (unpaired) electrons. The number of nitrogens with two attached hydrogens (primary N) is 1. The Hall–Kier alpha value is -1.23. The fraction of sp³-hybridized carbons (Fsp3) is 0.684. The zero-order valence-corrected chi connectivity index (χ0v) is 23.2. The van der Waals surface area contributed by atoms with Gasteiger partial charge < -0.3 is 25.3 Å². The zero-order chi connectivity index (χ0) is 26.0. The minimum atomic E-state index is -3.97. The molecular formula is C19H29N6O7PS3. The topological polar surface area (TPSA) is 176 Å². The van der Waals surface area contributed by atoms with Gasteiger partial charge in [0.1, 0.15) is 28.5 Å². The van der Waals surface area contributed by atoms with Gasteiger partial charge in [0.2, 0.25) is 5.95 Å². The third-order valence-electron chi connectivity index (χ3n) is 5.31. The minimum Gasteiger partial charge on any atom is -0.462 e. The number of aliphatic hydroxyl groups excluding tert-OH is 1. The molecule has 2 fully saturated rings. The summed E-state index contributed by atoms with van der Waals surface area (Å²) in [5.41, 5.74) is 6.65. The molecule has 0 spiro atoms. The van der Waals surface area contributed by atoms with E-state index in [1.165, 1.54) is 13.3 Å². The number of hydrogen-bond donors (Lipinski definition) is 4. The normalized spacial score (nSPS) is 25.4. The van der Waals surface area contributed by atoms with Crippen molar-refractivity contribution in [2.75, 3.05) is 23.8 Å². The second-order valence-corrected chi connectivity index (χ2v) is 13.3. The number of anilines is 1. The van der Waals surface area contributed by atoms with E-state index in [2.05, 4.69) is 20.0 Å². The van der Waals surface area contributed by atoms with E-state index in [4.69, 9.17) is 36.5 Å². The summed E-state index contributed by atoms with van der Waals surface area (Å²) >= 11 is 5.24. The Balaban J connectivity index is 1.45. The molecule has 0 amide bonds. The van der Waals surface area contributed by atoms with E-state index >= 15 is 0 Å². The highest BCUT2D eigenvalue weighted by molar-refractivity contribution is 8.77. The molecule has 200 valence electrons. The number of nitrogens with zero attached hydrogens (tertiary/aromatic N) is 3. The lowest BCUT2D eigenvalue weighted by Crippen LogP contribution is -2.37. The zero-order valence-electron chi connectivity index (χ0n) is 19.9. The van der Waals surface area contributed by atoms with Crippen LogP contribution in [0.3, 0.4) is 0 Å². The van der Waals surface area contributed by atoms with Crippen molar-refractivity contribution < 1.29 is 33.0 Å². The van der Waals surface area contributed by atoms with Gasteiger partial charge >= 0.3 is 13.7 Å². The van der Waals surface area contributed by atoms with Crippen molar-refractivity contribution in [1.29, 1.82) is 0 Å². The van der Waals surface area contributed by atoms with Crippen LogP contribution in [0.25, 0.3) is 11.2 Å². The molecule has 0 saturated carbocycles. The number of nitrogens with one attached hydrogen (secondary N) is 2. The first kappa shape index (κ1) is 27.8. The molecule has 0 bridgehead atoms. The van der Waals surface area contributed by atoms with Crippen LogP contribution in [0, 0.1) is 4.64 Å². The molecule has 4 rings (SSSR count). The van der Waals surface area contributed by atoms with Crippen molar-refractivity contribution in [3.05, 3.63) is 11.0 Å². The van der Waals surface area contributed by atoms with Gasteiger partial charge in [0.05, 0.1) is 31.2 Å². The van der Waals surface area contributed by atoms with Crippen LogP contribution >= 0.6 is 41.6 Å². The fourth-order valence-electron chi connectivity index (χ4n) is 3.64. The number of hydrogen-bond acceptors (Lipinski definition) is 13. The number of esters is 1.